The van der Waals surface area contributed by atoms with Crippen molar-refractivity contribution >= 4 is 17.5 Å². The van der Waals surface area contributed by atoms with Crippen LogP contribution >= 0.6 is 11.6 Å². The number of nitrogens with one attached hydrogen (secondary N) is 1. The van der Waals surface area contributed by atoms with Crippen LogP contribution in [0.4, 0.5) is 4.39 Å². The van der Waals surface area contributed by atoms with E-state index in [9.17, 15) is 9.18 Å². The number of rotatable bonds is 4. The zero-order valence-electron chi connectivity index (χ0n) is 11.6. The molecule has 5 heteroatoms. The highest BCUT2D eigenvalue weighted by molar-refractivity contribution is 6.30. The van der Waals surface area contributed by atoms with Crippen molar-refractivity contribution in [1.29, 1.82) is 0 Å². The van der Waals surface area contributed by atoms with Crippen LogP contribution in [0.2, 0.25) is 5.02 Å². The van der Waals surface area contributed by atoms with Crippen molar-refractivity contribution in [3.8, 4) is 0 Å². The number of benzene rings is 1. The van der Waals surface area contributed by atoms with Crippen LogP contribution in [0.15, 0.2) is 18.2 Å². The van der Waals surface area contributed by atoms with Gasteiger partial charge in [-0.1, -0.05) is 36.9 Å². The summed E-state index contributed by atoms with van der Waals surface area (Å²) in [4.78, 5) is 11.9. The Kier molecular flexibility index (Phi) is 4.66. The van der Waals surface area contributed by atoms with Crippen LogP contribution in [0.25, 0.3) is 0 Å². The maximum Gasteiger partial charge on any atom is 0.242 e. The Hall–Kier alpha value is -1.13. The highest BCUT2D eigenvalue weighted by atomic mass is 35.5. The summed E-state index contributed by atoms with van der Waals surface area (Å²) in [7, 11) is 0. The Morgan fingerprint density at radius 3 is 2.60 bits per heavy atom. The molecule has 1 atom stereocenters. The fraction of sp³-hybridized carbons (Fsp3) is 0.533. The topological polar surface area (TPSA) is 55.1 Å². The second-order valence-electron chi connectivity index (χ2n) is 5.60. The van der Waals surface area contributed by atoms with Crippen molar-refractivity contribution in [2.24, 2.45) is 5.73 Å². The van der Waals surface area contributed by atoms with Crippen LogP contribution in [0.1, 0.15) is 44.6 Å². The zero-order chi connectivity index (χ0) is 14.8. The maximum atomic E-state index is 13.3. The Morgan fingerprint density at radius 1 is 1.40 bits per heavy atom. The number of halogens is 2. The molecule has 1 fully saturated rings. The first-order chi connectivity index (χ1) is 9.43. The lowest BCUT2D eigenvalue weighted by Crippen LogP contribution is -2.54. The van der Waals surface area contributed by atoms with E-state index in [4.69, 9.17) is 17.3 Å². The van der Waals surface area contributed by atoms with E-state index in [0.29, 0.717) is 5.56 Å². The molecule has 1 aliphatic rings. The van der Waals surface area contributed by atoms with Crippen molar-refractivity contribution in [3.63, 3.8) is 0 Å². The summed E-state index contributed by atoms with van der Waals surface area (Å²) in [5, 5.41) is 3.34. The average molecular weight is 299 g/mol. The molecule has 0 aliphatic heterocycles. The van der Waals surface area contributed by atoms with Crippen LogP contribution in [-0.2, 0) is 10.3 Å². The van der Waals surface area contributed by atoms with E-state index in [1.165, 1.54) is 18.6 Å². The Balaban J connectivity index is 2.27. The summed E-state index contributed by atoms with van der Waals surface area (Å²) >= 11 is 5.81. The van der Waals surface area contributed by atoms with E-state index in [0.717, 1.165) is 25.7 Å². The summed E-state index contributed by atoms with van der Waals surface area (Å²) in [5.74, 6) is -0.981. The smallest absolute Gasteiger partial charge is 0.242 e. The standard InChI is InChI=1S/C15H20ClFN2O/c1-15(14(18)20,19-11-5-3-2-4-6-11)10-7-8-13(17)12(16)9-10/h7-9,11,19H,2-6H2,1H3,(H2,18,20). The molecule has 3 nitrogen and oxygen atoms in total. The maximum absolute atomic E-state index is 13.3. The van der Waals surface area contributed by atoms with E-state index in [-0.39, 0.29) is 11.1 Å². The van der Waals surface area contributed by atoms with Crippen LogP contribution < -0.4 is 11.1 Å². The third-order valence-corrected chi connectivity index (χ3v) is 4.38. The number of carbonyl (C=O) groups is 1. The average Bonchev–Trinajstić information content (AvgIpc) is 2.42. The summed E-state index contributed by atoms with van der Waals surface area (Å²) in [6.45, 7) is 1.73. The number of primary amides is 1. The summed E-state index contributed by atoms with van der Waals surface area (Å²) in [5.41, 5.74) is 5.14. The molecule has 1 amide bonds. The number of carbonyl (C=O) groups excluding carboxylic acids is 1. The van der Waals surface area contributed by atoms with Crippen molar-refractivity contribution < 1.29 is 9.18 Å². The molecule has 2 rings (SSSR count). The predicted octanol–water partition coefficient (Wildman–Crippen LogP) is 3.10. The van der Waals surface area contributed by atoms with Gasteiger partial charge in [-0.05, 0) is 37.5 Å². The van der Waals surface area contributed by atoms with Gasteiger partial charge in [-0.2, -0.15) is 0 Å². The number of hydrogen-bond acceptors (Lipinski definition) is 2. The molecule has 20 heavy (non-hydrogen) atoms. The minimum Gasteiger partial charge on any atom is -0.368 e. The normalized spacial score (nSPS) is 19.6. The molecular formula is C15H20ClFN2O. The van der Waals surface area contributed by atoms with E-state index in [2.05, 4.69) is 5.32 Å². The highest BCUT2D eigenvalue weighted by Crippen LogP contribution is 2.28. The number of amides is 1. The first kappa shape index (κ1) is 15.3. The molecule has 0 saturated heterocycles. The molecule has 0 radical (unpaired) electrons. The summed E-state index contributed by atoms with van der Waals surface area (Å²) < 4.78 is 13.3. The van der Waals surface area contributed by atoms with Crippen molar-refractivity contribution in [2.75, 3.05) is 0 Å². The van der Waals surface area contributed by atoms with Gasteiger partial charge in [0.15, 0.2) is 0 Å². The third-order valence-electron chi connectivity index (χ3n) is 4.09. The fourth-order valence-electron chi connectivity index (χ4n) is 2.76. The Bertz CT molecular complexity index is 503. The summed E-state index contributed by atoms with van der Waals surface area (Å²) in [6, 6.07) is 4.55. The molecule has 0 aromatic heterocycles. The third kappa shape index (κ3) is 3.13. The van der Waals surface area contributed by atoms with Gasteiger partial charge in [-0.15, -0.1) is 0 Å². The number of nitrogens with two attached hydrogens (primary N) is 1. The Morgan fingerprint density at radius 2 is 2.05 bits per heavy atom. The van der Waals surface area contributed by atoms with Gasteiger partial charge < -0.3 is 5.73 Å². The molecule has 3 N–H and O–H groups in total. The van der Waals surface area contributed by atoms with Crippen LogP contribution in [-0.4, -0.2) is 11.9 Å². The van der Waals surface area contributed by atoms with Crippen LogP contribution in [0, 0.1) is 5.82 Å². The molecule has 0 spiro atoms. The fourth-order valence-corrected chi connectivity index (χ4v) is 2.94. The largest absolute Gasteiger partial charge is 0.368 e. The van der Waals surface area contributed by atoms with Gasteiger partial charge >= 0.3 is 0 Å². The van der Waals surface area contributed by atoms with Gasteiger partial charge in [0.05, 0.1) is 5.02 Å². The minimum absolute atomic E-state index is 0.000388. The van der Waals surface area contributed by atoms with Gasteiger partial charge in [0, 0.05) is 6.04 Å². The van der Waals surface area contributed by atoms with Gasteiger partial charge in [-0.3, -0.25) is 10.1 Å². The zero-order valence-corrected chi connectivity index (χ0v) is 12.3. The molecule has 1 aliphatic carbocycles. The van der Waals surface area contributed by atoms with Gasteiger partial charge in [-0.25, -0.2) is 4.39 Å². The minimum atomic E-state index is -1.03. The van der Waals surface area contributed by atoms with Crippen molar-refractivity contribution in [2.45, 2.75) is 50.6 Å². The second kappa shape index (κ2) is 6.10. The molecular weight excluding hydrogens is 279 g/mol. The van der Waals surface area contributed by atoms with Gasteiger partial charge in [0.1, 0.15) is 11.4 Å². The number of hydrogen-bond donors (Lipinski definition) is 2. The monoisotopic (exact) mass is 298 g/mol. The first-order valence-corrected chi connectivity index (χ1v) is 7.34. The lowest BCUT2D eigenvalue weighted by Gasteiger charge is -2.35. The quantitative estimate of drug-likeness (QED) is 0.897. The molecule has 0 heterocycles. The van der Waals surface area contributed by atoms with Crippen molar-refractivity contribution in [1.82, 2.24) is 5.32 Å². The molecule has 0 bridgehead atoms. The molecule has 1 saturated carbocycles. The van der Waals surface area contributed by atoms with Gasteiger partial charge in [0.25, 0.3) is 0 Å². The molecule has 1 aromatic carbocycles. The second-order valence-corrected chi connectivity index (χ2v) is 6.00. The highest BCUT2D eigenvalue weighted by Gasteiger charge is 2.36. The van der Waals surface area contributed by atoms with E-state index >= 15 is 0 Å². The van der Waals surface area contributed by atoms with E-state index in [1.807, 2.05) is 0 Å². The van der Waals surface area contributed by atoms with E-state index < -0.39 is 17.3 Å². The van der Waals surface area contributed by atoms with E-state index in [1.54, 1.807) is 13.0 Å². The van der Waals surface area contributed by atoms with Crippen LogP contribution in [0.3, 0.4) is 0 Å². The van der Waals surface area contributed by atoms with Crippen molar-refractivity contribution in [3.05, 3.63) is 34.6 Å². The SMILES string of the molecule is CC(NC1CCCCC1)(C(N)=O)c1ccc(F)c(Cl)c1. The van der Waals surface area contributed by atoms with Gasteiger partial charge in [0.2, 0.25) is 5.91 Å². The van der Waals surface area contributed by atoms with Crippen LogP contribution in [0.5, 0.6) is 0 Å². The summed E-state index contributed by atoms with van der Waals surface area (Å²) in [6.07, 6.45) is 5.58. The predicted molar refractivity (Wildman–Crippen MR) is 78.0 cm³/mol. The molecule has 1 aromatic rings. The first-order valence-electron chi connectivity index (χ1n) is 6.96. The Labute approximate surface area is 123 Å². The lowest BCUT2D eigenvalue weighted by atomic mass is 9.87. The molecule has 1 unspecified atom stereocenters. The molecule has 110 valence electrons. The lowest BCUT2D eigenvalue weighted by molar-refractivity contribution is -0.124.